The Labute approximate surface area is 113 Å². The lowest BCUT2D eigenvalue weighted by atomic mass is 10.3. The van der Waals surface area contributed by atoms with Gasteiger partial charge in [0.2, 0.25) is 5.91 Å². The molecule has 2 amide bonds. The van der Waals surface area contributed by atoms with Crippen LogP contribution in [0.1, 0.15) is 12.8 Å². The van der Waals surface area contributed by atoms with Gasteiger partial charge in [-0.3, -0.25) is 4.79 Å². The Bertz CT molecular complexity index is 389. The second-order valence-corrected chi connectivity index (χ2v) is 4.82. The van der Waals surface area contributed by atoms with Gasteiger partial charge in [-0.05, 0) is 6.42 Å². The molecule has 1 saturated heterocycles. The van der Waals surface area contributed by atoms with E-state index in [0.29, 0.717) is 12.6 Å². The molecule has 1 aliphatic heterocycles. The van der Waals surface area contributed by atoms with Crippen LogP contribution in [0.15, 0.2) is 0 Å². The molecule has 0 aromatic heterocycles. The zero-order valence-corrected chi connectivity index (χ0v) is 10.7. The molecule has 0 aromatic rings. The predicted octanol–water partition coefficient (Wildman–Crippen LogP) is 0.238. The quantitative estimate of drug-likeness (QED) is 0.779. The zero-order chi connectivity index (χ0) is 14.8. The molecular weight excluding hydrogens is 279 g/mol. The van der Waals surface area contributed by atoms with Gasteiger partial charge in [-0.2, -0.15) is 13.2 Å². The number of alkyl carbamates (subject to hydrolysis) is 1. The number of piperazine rings is 1. The number of fused-ring (bicyclic) bond motifs is 1. The van der Waals surface area contributed by atoms with E-state index in [1.54, 1.807) is 4.90 Å². The van der Waals surface area contributed by atoms with Gasteiger partial charge in [-0.25, -0.2) is 4.79 Å². The number of hydrogen-bond acceptors (Lipinski definition) is 4. The van der Waals surface area contributed by atoms with E-state index in [-0.39, 0.29) is 24.9 Å². The third-order valence-corrected chi connectivity index (χ3v) is 3.21. The van der Waals surface area contributed by atoms with E-state index in [1.807, 2.05) is 0 Å². The Hall–Kier alpha value is -1.51. The van der Waals surface area contributed by atoms with Crippen molar-refractivity contribution < 1.29 is 27.5 Å². The lowest BCUT2D eigenvalue weighted by Crippen LogP contribution is -2.47. The molecule has 114 valence electrons. The van der Waals surface area contributed by atoms with Gasteiger partial charge in [0.15, 0.2) is 6.61 Å². The number of carbonyl (C=O) groups is 2. The van der Waals surface area contributed by atoms with Crippen molar-refractivity contribution in [3.05, 3.63) is 0 Å². The number of ether oxygens (including phenoxy) is 1. The van der Waals surface area contributed by atoms with Crippen molar-refractivity contribution in [2.24, 2.45) is 0 Å². The van der Waals surface area contributed by atoms with Gasteiger partial charge in [0.25, 0.3) is 0 Å². The summed E-state index contributed by atoms with van der Waals surface area (Å²) >= 11 is 0. The van der Waals surface area contributed by atoms with Crippen LogP contribution >= 0.6 is 0 Å². The molecule has 2 atom stereocenters. The SMILES string of the molecule is O=C(NCCC(=O)N1CCNC2CC21)OCC(F)(F)F. The molecule has 20 heavy (non-hydrogen) atoms. The molecule has 1 heterocycles. The molecule has 2 aliphatic rings. The zero-order valence-electron chi connectivity index (χ0n) is 10.7. The molecule has 0 spiro atoms. The number of amides is 2. The molecule has 2 unspecified atom stereocenters. The van der Waals surface area contributed by atoms with Gasteiger partial charge in [0.05, 0.1) is 0 Å². The molecule has 2 N–H and O–H groups in total. The molecule has 6 nitrogen and oxygen atoms in total. The summed E-state index contributed by atoms with van der Waals surface area (Å²) in [6, 6.07) is 0.603. The smallest absolute Gasteiger partial charge is 0.422 e. The van der Waals surface area contributed by atoms with E-state index in [9.17, 15) is 22.8 Å². The monoisotopic (exact) mass is 295 g/mol. The lowest BCUT2D eigenvalue weighted by Gasteiger charge is -2.27. The minimum absolute atomic E-state index is 0.0309. The third kappa shape index (κ3) is 4.26. The first-order valence-corrected chi connectivity index (χ1v) is 6.37. The van der Waals surface area contributed by atoms with E-state index < -0.39 is 18.9 Å². The number of carbonyl (C=O) groups excluding carboxylic acids is 2. The van der Waals surface area contributed by atoms with Crippen LogP contribution in [0.3, 0.4) is 0 Å². The molecule has 1 saturated carbocycles. The van der Waals surface area contributed by atoms with Gasteiger partial charge >= 0.3 is 12.3 Å². The highest BCUT2D eigenvalue weighted by atomic mass is 19.4. The summed E-state index contributed by atoms with van der Waals surface area (Å²) in [4.78, 5) is 24.6. The number of nitrogens with zero attached hydrogens (tertiary/aromatic N) is 1. The van der Waals surface area contributed by atoms with E-state index in [1.165, 1.54) is 0 Å². The molecule has 2 fully saturated rings. The van der Waals surface area contributed by atoms with Crippen molar-refractivity contribution in [3.8, 4) is 0 Å². The van der Waals surface area contributed by atoms with Crippen LogP contribution in [0.2, 0.25) is 0 Å². The van der Waals surface area contributed by atoms with Gasteiger partial charge in [0.1, 0.15) is 0 Å². The Morgan fingerprint density at radius 1 is 1.40 bits per heavy atom. The lowest BCUT2D eigenvalue weighted by molar-refractivity contribution is -0.160. The minimum Gasteiger partial charge on any atom is -0.440 e. The van der Waals surface area contributed by atoms with Crippen LogP contribution in [-0.4, -0.2) is 61.4 Å². The summed E-state index contributed by atoms with van der Waals surface area (Å²) in [5.41, 5.74) is 0. The summed E-state index contributed by atoms with van der Waals surface area (Å²) in [7, 11) is 0. The van der Waals surface area contributed by atoms with Crippen molar-refractivity contribution in [1.29, 1.82) is 0 Å². The Balaban J connectivity index is 1.60. The molecular formula is C11H16F3N3O3. The van der Waals surface area contributed by atoms with Gasteiger partial charge in [-0.1, -0.05) is 0 Å². The predicted molar refractivity (Wildman–Crippen MR) is 61.9 cm³/mol. The average Bonchev–Trinajstić information content (AvgIpc) is 3.14. The fraction of sp³-hybridized carbons (Fsp3) is 0.818. The van der Waals surface area contributed by atoms with Gasteiger partial charge in [0, 0.05) is 38.1 Å². The van der Waals surface area contributed by atoms with Crippen LogP contribution in [0.5, 0.6) is 0 Å². The van der Waals surface area contributed by atoms with E-state index in [4.69, 9.17) is 0 Å². The minimum atomic E-state index is -4.55. The topological polar surface area (TPSA) is 70.7 Å². The van der Waals surface area contributed by atoms with Crippen LogP contribution in [0, 0.1) is 0 Å². The second-order valence-electron chi connectivity index (χ2n) is 4.82. The van der Waals surface area contributed by atoms with Crippen LogP contribution < -0.4 is 10.6 Å². The number of hydrogen-bond donors (Lipinski definition) is 2. The third-order valence-electron chi connectivity index (χ3n) is 3.21. The number of halogens is 3. The molecule has 0 bridgehead atoms. The van der Waals surface area contributed by atoms with Crippen LogP contribution in [0.25, 0.3) is 0 Å². The first kappa shape index (κ1) is 14.9. The highest BCUT2D eigenvalue weighted by Gasteiger charge is 2.45. The average molecular weight is 295 g/mol. The van der Waals surface area contributed by atoms with Gasteiger partial charge < -0.3 is 20.3 Å². The highest BCUT2D eigenvalue weighted by molar-refractivity contribution is 5.78. The summed E-state index contributed by atoms with van der Waals surface area (Å²) < 4.78 is 39.3. The Morgan fingerprint density at radius 3 is 2.85 bits per heavy atom. The van der Waals surface area contributed by atoms with E-state index in [2.05, 4.69) is 15.4 Å². The standard InChI is InChI=1S/C11H16F3N3O3/c12-11(13,14)6-20-10(19)16-2-1-9(18)17-4-3-15-7-5-8(7)17/h7-8,15H,1-6H2,(H,16,19). The number of alkyl halides is 3. The van der Waals surface area contributed by atoms with Crippen LogP contribution in [-0.2, 0) is 9.53 Å². The maximum absolute atomic E-state index is 11.9. The summed E-state index contributed by atoms with van der Waals surface area (Å²) in [6.07, 6.45) is -4.72. The second kappa shape index (κ2) is 5.86. The van der Waals surface area contributed by atoms with Crippen molar-refractivity contribution in [2.75, 3.05) is 26.2 Å². The van der Waals surface area contributed by atoms with Crippen LogP contribution in [0.4, 0.5) is 18.0 Å². The van der Waals surface area contributed by atoms with E-state index in [0.717, 1.165) is 13.0 Å². The Morgan fingerprint density at radius 2 is 2.15 bits per heavy atom. The number of nitrogens with one attached hydrogen (secondary N) is 2. The Kier molecular flexibility index (Phi) is 4.36. The molecule has 0 aromatic carbocycles. The fourth-order valence-electron chi connectivity index (χ4n) is 2.20. The molecule has 1 aliphatic carbocycles. The number of rotatable bonds is 4. The first-order valence-electron chi connectivity index (χ1n) is 6.37. The molecule has 9 heteroatoms. The molecule has 0 radical (unpaired) electrons. The van der Waals surface area contributed by atoms with Crippen molar-refractivity contribution in [2.45, 2.75) is 31.1 Å². The summed E-state index contributed by atoms with van der Waals surface area (Å²) in [5.74, 6) is -0.102. The van der Waals surface area contributed by atoms with E-state index >= 15 is 0 Å². The summed E-state index contributed by atoms with van der Waals surface area (Å²) in [5, 5.41) is 5.39. The summed E-state index contributed by atoms with van der Waals surface area (Å²) in [6.45, 7) is -0.294. The van der Waals surface area contributed by atoms with Crippen molar-refractivity contribution in [3.63, 3.8) is 0 Å². The maximum atomic E-state index is 11.9. The normalized spacial score (nSPS) is 24.9. The largest absolute Gasteiger partial charge is 0.440 e. The van der Waals surface area contributed by atoms with Crippen molar-refractivity contribution in [1.82, 2.24) is 15.5 Å². The fourth-order valence-corrected chi connectivity index (χ4v) is 2.20. The maximum Gasteiger partial charge on any atom is 0.422 e. The first-order chi connectivity index (χ1) is 9.37. The highest BCUT2D eigenvalue weighted by Crippen LogP contribution is 2.30. The molecule has 2 rings (SSSR count). The van der Waals surface area contributed by atoms with Gasteiger partial charge in [-0.15, -0.1) is 0 Å². The van der Waals surface area contributed by atoms with Crippen molar-refractivity contribution >= 4 is 12.0 Å².